The number of aromatic nitrogens is 2. The SMILES string of the molecule is C#CCNC(=O)C(C)n1cnc2cc(F)c(F)cc21. The lowest BCUT2D eigenvalue weighted by Crippen LogP contribution is -2.30. The first-order valence-electron chi connectivity index (χ1n) is 5.57. The van der Waals surface area contributed by atoms with E-state index in [1.54, 1.807) is 6.92 Å². The summed E-state index contributed by atoms with van der Waals surface area (Å²) in [5.41, 5.74) is 0.637. The monoisotopic (exact) mass is 263 g/mol. The zero-order valence-electron chi connectivity index (χ0n) is 10.2. The maximum Gasteiger partial charge on any atom is 0.243 e. The molecule has 0 bridgehead atoms. The molecule has 0 saturated heterocycles. The van der Waals surface area contributed by atoms with Crippen molar-refractivity contribution in [3.05, 3.63) is 30.1 Å². The number of benzene rings is 1. The minimum Gasteiger partial charge on any atom is -0.343 e. The number of imidazole rings is 1. The highest BCUT2D eigenvalue weighted by Gasteiger charge is 2.18. The van der Waals surface area contributed by atoms with E-state index in [2.05, 4.69) is 16.2 Å². The van der Waals surface area contributed by atoms with Crippen LogP contribution in [0.2, 0.25) is 0 Å². The molecule has 2 rings (SSSR count). The van der Waals surface area contributed by atoms with E-state index >= 15 is 0 Å². The van der Waals surface area contributed by atoms with Crippen LogP contribution >= 0.6 is 0 Å². The van der Waals surface area contributed by atoms with E-state index in [1.807, 2.05) is 0 Å². The van der Waals surface area contributed by atoms with Gasteiger partial charge in [-0.2, -0.15) is 0 Å². The number of halogens is 2. The maximum atomic E-state index is 13.2. The molecule has 6 heteroatoms. The fourth-order valence-corrected chi connectivity index (χ4v) is 1.74. The number of amides is 1. The molecule has 1 aromatic heterocycles. The number of carbonyl (C=O) groups is 1. The minimum atomic E-state index is -0.981. The summed E-state index contributed by atoms with van der Waals surface area (Å²) in [6.07, 6.45) is 6.41. The highest BCUT2D eigenvalue weighted by molar-refractivity contribution is 5.83. The standard InChI is InChI=1S/C13H11F2N3O/c1-3-4-16-13(19)8(2)18-7-17-11-5-9(14)10(15)6-12(11)18/h1,5-8H,4H2,2H3,(H,16,19). The molecule has 0 saturated carbocycles. The van der Waals surface area contributed by atoms with Crippen molar-refractivity contribution in [2.45, 2.75) is 13.0 Å². The Kier molecular flexibility index (Phi) is 3.47. The molecule has 4 nitrogen and oxygen atoms in total. The van der Waals surface area contributed by atoms with E-state index in [0.29, 0.717) is 5.52 Å². The van der Waals surface area contributed by atoms with Crippen molar-refractivity contribution < 1.29 is 13.6 Å². The van der Waals surface area contributed by atoms with Crippen molar-refractivity contribution in [2.75, 3.05) is 6.54 Å². The van der Waals surface area contributed by atoms with Crippen LogP contribution in [0.4, 0.5) is 8.78 Å². The average Bonchev–Trinajstić information content (AvgIpc) is 2.78. The Hall–Kier alpha value is -2.42. The fourth-order valence-electron chi connectivity index (χ4n) is 1.74. The predicted octanol–water partition coefficient (Wildman–Crippen LogP) is 1.62. The van der Waals surface area contributed by atoms with Gasteiger partial charge in [-0.1, -0.05) is 5.92 Å². The van der Waals surface area contributed by atoms with E-state index in [9.17, 15) is 13.6 Å². The molecule has 2 aromatic rings. The number of rotatable bonds is 3. The Morgan fingerprint density at radius 2 is 2.21 bits per heavy atom. The van der Waals surface area contributed by atoms with Crippen molar-refractivity contribution in [1.29, 1.82) is 0 Å². The van der Waals surface area contributed by atoms with Crippen molar-refractivity contribution >= 4 is 16.9 Å². The van der Waals surface area contributed by atoms with Gasteiger partial charge in [0.25, 0.3) is 0 Å². The molecule has 1 heterocycles. The third-order valence-electron chi connectivity index (χ3n) is 2.78. The predicted molar refractivity (Wildman–Crippen MR) is 66.2 cm³/mol. The van der Waals surface area contributed by atoms with Crippen LogP contribution in [0.1, 0.15) is 13.0 Å². The fraction of sp³-hybridized carbons (Fsp3) is 0.231. The molecule has 1 amide bonds. The number of carbonyl (C=O) groups excluding carboxylic acids is 1. The van der Waals surface area contributed by atoms with Crippen molar-refractivity contribution in [2.24, 2.45) is 0 Å². The van der Waals surface area contributed by atoms with Gasteiger partial charge < -0.3 is 9.88 Å². The molecule has 1 atom stereocenters. The number of hydrogen-bond donors (Lipinski definition) is 1. The molecule has 0 aliphatic heterocycles. The molecule has 0 aliphatic rings. The van der Waals surface area contributed by atoms with E-state index in [-0.39, 0.29) is 18.0 Å². The second kappa shape index (κ2) is 5.06. The van der Waals surface area contributed by atoms with Crippen LogP contribution < -0.4 is 5.32 Å². The largest absolute Gasteiger partial charge is 0.343 e. The molecule has 1 N–H and O–H groups in total. The average molecular weight is 263 g/mol. The molecule has 19 heavy (non-hydrogen) atoms. The first-order valence-corrected chi connectivity index (χ1v) is 5.57. The van der Waals surface area contributed by atoms with Crippen LogP contribution in [0.3, 0.4) is 0 Å². The normalized spacial score (nSPS) is 12.1. The lowest BCUT2D eigenvalue weighted by Gasteiger charge is -2.13. The second-order valence-corrected chi connectivity index (χ2v) is 4.00. The molecular formula is C13H11F2N3O. The Morgan fingerprint density at radius 1 is 1.53 bits per heavy atom. The molecule has 1 unspecified atom stereocenters. The number of fused-ring (bicyclic) bond motifs is 1. The van der Waals surface area contributed by atoms with E-state index in [1.165, 1.54) is 10.9 Å². The van der Waals surface area contributed by atoms with E-state index < -0.39 is 17.7 Å². The lowest BCUT2D eigenvalue weighted by atomic mass is 10.2. The summed E-state index contributed by atoms with van der Waals surface area (Å²) in [6, 6.07) is 1.39. The van der Waals surface area contributed by atoms with Crippen molar-refractivity contribution in [3.8, 4) is 12.3 Å². The Labute approximate surface area is 108 Å². The van der Waals surface area contributed by atoms with Crippen molar-refractivity contribution in [3.63, 3.8) is 0 Å². The summed E-state index contributed by atoms with van der Waals surface area (Å²) in [4.78, 5) is 15.7. The molecule has 0 spiro atoms. The highest BCUT2D eigenvalue weighted by atomic mass is 19.2. The number of hydrogen-bond acceptors (Lipinski definition) is 2. The van der Waals surface area contributed by atoms with Gasteiger partial charge in [-0.15, -0.1) is 6.42 Å². The minimum absolute atomic E-state index is 0.110. The summed E-state index contributed by atoms with van der Waals surface area (Å²) in [5, 5.41) is 2.52. The molecule has 0 radical (unpaired) electrons. The van der Waals surface area contributed by atoms with Gasteiger partial charge >= 0.3 is 0 Å². The van der Waals surface area contributed by atoms with Gasteiger partial charge in [-0.05, 0) is 6.92 Å². The molecule has 98 valence electrons. The molecule has 0 aliphatic carbocycles. The summed E-state index contributed by atoms with van der Waals surface area (Å²) < 4.78 is 27.8. The summed E-state index contributed by atoms with van der Waals surface area (Å²) >= 11 is 0. The summed E-state index contributed by atoms with van der Waals surface area (Å²) in [6.45, 7) is 1.73. The van der Waals surface area contributed by atoms with Gasteiger partial charge in [0.05, 0.1) is 23.9 Å². The highest BCUT2D eigenvalue weighted by Crippen LogP contribution is 2.20. The summed E-state index contributed by atoms with van der Waals surface area (Å²) in [5.74, 6) is 0.0173. The van der Waals surface area contributed by atoms with Gasteiger partial charge in [0, 0.05) is 12.1 Å². The van der Waals surface area contributed by atoms with Gasteiger partial charge in [-0.25, -0.2) is 13.8 Å². The van der Waals surface area contributed by atoms with E-state index in [4.69, 9.17) is 6.42 Å². The summed E-state index contributed by atoms with van der Waals surface area (Å²) in [7, 11) is 0. The van der Waals surface area contributed by atoms with Crippen LogP contribution in [-0.4, -0.2) is 22.0 Å². The Balaban J connectivity index is 2.38. The van der Waals surface area contributed by atoms with Gasteiger partial charge in [-0.3, -0.25) is 4.79 Å². The quantitative estimate of drug-likeness (QED) is 0.855. The van der Waals surface area contributed by atoms with Crippen LogP contribution in [0.25, 0.3) is 11.0 Å². The Bertz CT molecular complexity index is 672. The van der Waals surface area contributed by atoms with Crippen LogP contribution in [-0.2, 0) is 4.79 Å². The Morgan fingerprint density at radius 3 is 2.89 bits per heavy atom. The maximum absolute atomic E-state index is 13.2. The first-order chi connectivity index (χ1) is 9.04. The number of terminal acetylenes is 1. The molecular weight excluding hydrogens is 252 g/mol. The molecule has 0 fully saturated rings. The lowest BCUT2D eigenvalue weighted by molar-refractivity contribution is -0.123. The zero-order chi connectivity index (χ0) is 14.0. The number of nitrogens with one attached hydrogen (secondary N) is 1. The van der Waals surface area contributed by atoms with Crippen LogP contribution in [0, 0.1) is 24.0 Å². The van der Waals surface area contributed by atoms with Crippen LogP contribution in [0.15, 0.2) is 18.5 Å². The second-order valence-electron chi connectivity index (χ2n) is 4.00. The topological polar surface area (TPSA) is 46.9 Å². The van der Waals surface area contributed by atoms with Crippen molar-refractivity contribution in [1.82, 2.24) is 14.9 Å². The van der Waals surface area contributed by atoms with Crippen LogP contribution in [0.5, 0.6) is 0 Å². The van der Waals surface area contributed by atoms with Gasteiger partial charge in [0.2, 0.25) is 5.91 Å². The number of nitrogens with zero attached hydrogens (tertiary/aromatic N) is 2. The first kappa shape index (κ1) is 13.0. The van der Waals surface area contributed by atoms with Gasteiger partial charge in [0.15, 0.2) is 11.6 Å². The third-order valence-corrected chi connectivity index (χ3v) is 2.78. The third kappa shape index (κ3) is 2.40. The van der Waals surface area contributed by atoms with E-state index in [0.717, 1.165) is 12.1 Å². The zero-order valence-corrected chi connectivity index (χ0v) is 10.2. The van der Waals surface area contributed by atoms with Gasteiger partial charge in [0.1, 0.15) is 6.04 Å². The smallest absolute Gasteiger partial charge is 0.243 e. The molecule has 1 aromatic carbocycles.